The number of fused-ring (bicyclic) bond motifs is 11. The summed E-state index contributed by atoms with van der Waals surface area (Å²) in [6.45, 7) is 0. The largest absolute Gasteiger partial charge is 0.309 e. The van der Waals surface area contributed by atoms with Crippen LogP contribution in [0.4, 0.5) is 0 Å². The van der Waals surface area contributed by atoms with Crippen LogP contribution in [0.2, 0.25) is 0 Å². The molecule has 0 fully saturated rings. The van der Waals surface area contributed by atoms with E-state index in [2.05, 4.69) is 191 Å². The summed E-state index contributed by atoms with van der Waals surface area (Å²) in [6.07, 6.45) is 0. The maximum Gasteiger partial charge on any atom is 0.0555 e. The van der Waals surface area contributed by atoms with E-state index < -0.39 is 0 Å². The minimum absolute atomic E-state index is 1.21. The Morgan fingerprint density at radius 1 is 0.283 bits per heavy atom. The molecule has 0 aliphatic heterocycles. The molecule has 12 rings (SSSR count). The van der Waals surface area contributed by atoms with Crippen LogP contribution in [0.1, 0.15) is 0 Å². The van der Waals surface area contributed by atoms with Crippen LogP contribution in [0, 0.1) is 0 Å². The van der Waals surface area contributed by atoms with Crippen LogP contribution < -0.4 is 0 Å². The van der Waals surface area contributed by atoms with E-state index in [-0.39, 0.29) is 0 Å². The van der Waals surface area contributed by atoms with Crippen LogP contribution in [0.5, 0.6) is 0 Å². The van der Waals surface area contributed by atoms with Gasteiger partial charge in [-0.25, -0.2) is 0 Å². The molecule has 246 valence electrons. The molecule has 0 N–H and O–H groups in total. The van der Waals surface area contributed by atoms with Crippen molar-refractivity contribution < 1.29 is 0 Å². The molecule has 3 aromatic heterocycles. The standard InChI is InChI=1S/C50H30N2S/c1-3-15-35-31(11-1)13-9-20-43(35)51-45-19-7-5-17-37(45)39-27-33(23-25-46(39)51)34-24-26-47-40(28-34)41-29-42-38-18-6-8-22-49(38)53-50(42)30-48(41)52(47)44-21-10-14-32-12-2-4-16-36(32)44/h1-30H. The van der Waals surface area contributed by atoms with Crippen molar-refractivity contribution in [3.05, 3.63) is 182 Å². The predicted molar refractivity (Wildman–Crippen MR) is 228 cm³/mol. The molecule has 0 aliphatic carbocycles. The molecule has 0 atom stereocenters. The van der Waals surface area contributed by atoms with E-state index in [1.54, 1.807) is 0 Å². The number of benzene rings is 9. The van der Waals surface area contributed by atoms with E-state index in [0.717, 1.165) is 0 Å². The van der Waals surface area contributed by atoms with Crippen molar-refractivity contribution in [2.45, 2.75) is 0 Å². The molecule has 0 aliphatic rings. The summed E-state index contributed by atoms with van der Waals surface area (Å²) in [6, 6.07) is 67.3. The monoisotopic (exact) mass is 690 g/mol. The maximum absolute atomic E-state index is 2.49. The molecule has 0 radical (unpaired) electrons. The Kier molecular flexibility index (Phi) is 5.96. The lowest BCUT2D eigenvalue weighted by molar-refractivity contribution is 1.20. The fourth-order valence-electron chi connectivity index (χ4n) is 8.90. The molecule has 0 saturated carbocycles. The van der Waals surface area contributed by atoms with Crippen LogP contribution >= 0.6 is 11.3 Å². The average Bonchev–Trinajstić information content (AvgIpc) is 3.86. The summed E-state index contributed by atoms with van der Waals surface area (Å²) < 4.78 is 7.57. The van der Waals surface area contributed by atoms with Gasteiger partial charge < -0.3 is 9.13 Å². The van der Waals surface area contributed by atoms with Gasteiger partial charge in [0.05, 0.1) is 33.4 Å². The van der Waals surface area contributed by atoms with Crippen molar-refractivity contribution in [2.75, 3.05) is 0 Å². The molecule has 2 nitrogen and oxygen atoms in total. The third-order valence-corrected chi connectivity index (χ3v) is 12.4. The van der Waals surface area contributed by atoms with Crippen molar-refractivity contribution in [1.82, 2.24) is 9.13 Å². The summed E-state index contributed by atoms with van der Waals surface area (Å²) in [4.78, 5) is 0. The van der Waals surface area contributed by atoms with Crippen molar-refractivity contribution >= 4 is 96.7 Å². The Morgan fingerprint density at radius 3 is 1.45 bits per heavy atom. The zero-order valence-corrected chi connectivity index (χ0v) is 29.4. The van der Waals surface area contributed by atoms with E-state index in [1.165, 1.54) is 108 Å². The first-order valence-corrected chi connectivity index (χ1v) is 19.0. The third-order valence-electron chi connectivity index (χ3n) is 11.3. The van der Waals surface area contributed by atoms with Gasteiger partial charge in [0, 0.05) is 52.5 Å². The van der Waals surface area contributed by atoms with Gasteiger partial charge in [-0.2, -0.15) is 0 Å². The SMILES string of the molecule is c1ccc2c(-n3c4ccccc4c4cc(-c5ccc6c(c5)c5cc7c(cc5n6-c5cccc6ccccc56)sc5ccccc57)ccc43)cccc2c1. The second kappa shape index (κ2) is 10.9. The van der Waals surface area contributed by atoms with Crippen molar-refractivity contribution in [3.8, 4) is 22.5 Å². The molecule has 0 bridgehead atoms. The number of rotatable bonds is 3. The molecule has 9 aromatic carbocycles. The summed E-state index contributed by atoms with van der Waals surface area (Å²) in [5.41, 5.74) is 9.73. The van der Waals surface area contributed by atoms with E-state index in [4.69, 9.17) is 0 Å². The zero-order valence-electron chi connectivity index (χ0n) is 28.6. The van der Waals surface area contributed by atoms with Gasteiger partial charge in [0.25, 0.3) is 0 Å². The van der Waals surface area contributed by atoms with Gasteiger partial charge in [-0.1, -0.05) is 121 Å². The number of aromatic nitrogens is 2. The van der Waals surface area contributed by atoms with Crippen molar-refractivity contribution in [2.24, 2.45) is 0 Å². The number of para-hydroxylation sites is 1. The van der Waals surface area contributed by atoms with Crippen LogP contribution in [0.25, 0.3) is 108 Å². The Balaban J connectivity index is 1.12. The second-order valence-corrected chi connectivity index (χ2v) is 15.2. The summed E-state index contributed by atoms with van der Waals surface area (Å²) >= 11 is 1.88. The molecule has 3 heterocycles. The first kappa shape index (κ1) is 29.0. The van der Waals surface area contributed by atoms with Gasteiger partial charge in [-0.05, 0) is 82.6 Å². The molecule has 0 spiro atoms. The lowest BCUT2D eigenvalue weighted by Gasteiger charge is -2.12. The van der Waals surface area contributed by atoms with E-state index >= 15 is 0 Å². The second-order valence-electron chi connectivity index (χ2n) is 14.1. The fourth-order valence-corrected chi connectivity index (χ4v) is 10.0. The molecule has 0 saturated heterocycles. The van der Waals surface area contributed by atoms with Crippen LogP contribution in [-0.2, 0) is 0 Å². The van der Waals surface area contributed by atoms with Gasteiger partial charge in [0.15, 0.2) is 0 Å². The molecular formula is C50H30N2S. The summed E-state index contributed by atoms with van der Waals surface area (Å²) in [5.74, 6) is 0. The van der Waals surface area contributed by atoms with Gasteiger partial charge in [-0.15, -0.1) is 11.3 Å². The number of hydrogen-bond donors (Lipinski definition) is 0. The third kappa shape index (κ3) is 4.14. The molecule has 53 heavy (non-hydrogen) atoms. The van der Waals surface area contributed by atoms with Gasteiger partial charge in [0.2, 0.25) is 0 Å². The maximum atomic E-state index is 2.49. The Hall–Kier alpha value is -6.68. The Bertz CT molecular complexity index is 3460. The van der Waals surface area contributed by atoms with Gasteiger partial charge >= 0.3 is 0 Å². The normalized spacial score (nSPS) is 12.2. The van der Waals surface area contributed by atoms with Gasteiger partial charge in [0.1, 0.15) is 0 Å². The highest BCUT2D eigenvalue weighted by molar-refractivity contribution is 7.25. The molecule has 0 unspecified atom stereocenters. The summed E-state index contributed by atoms with van der Waals surface area (Å²) in [7, 11) is 0. The molecule has 12 aromatic rings. The first-order valence-electron chi connectivity index (χ1n) is 18.2. The highest BCUT2D eigenvalue weighted by Crippen LogP contribution is 2.43. The Labute approximate surface area is 309 Å². The van der Waals surface area contributed by atoms with E-state index in [9.17, 15) is 0 Å². The lowest BCUT2D eigenvalue weighted by Crippen LogP contribution is -1.95. The molecular weight excluding hydrogens is 661 g/mol. The Morgan fingerprint density at radius 2 is 0.774 bits per heavy atom. The number of nitrogens with zero attached hydrogens (tertiary/aromatic N) is 2. The average molecular weight is 691 g/mol. The lowest BCUT2D eigenvalue weighted by atomic mass is 10.00. The number of thiophene rings is 1. The minimum atomic E-state index is 1.21. The number of hydrogen-bond acceptors (Lipinski definition) is 1. The van der Waals surface area contributed by atoms with Crippen LogP contribution in [0.15, 0.2) is 182 Å². The first-order chi connectivity index (χ1) is 26.3. The molecule has 3 heteroatoms. The zero-order chi connectivity index (χ0) is 34.6. The highest BCUT2D eigenvalue weighted by Gasteiger charge is 2.19. The van der Waals surface area contributed by atoms with Gasteiger partial charge in [-0.3, -0.25) is 0 Å². The molecule has 0 amide bonds. The van der Waals surface area contributed by atoms with E-state index in [0.29, 0.717) is 0 Å². The topological polar surface area (TPSA) is 9.86 Å². The van der Waals surface area contributed by atoms with Crippen molar-refractivity contribution in [3.63, 3.8) is 0 Å². The van der Waals surface area contributed by atoms with Crippen LogP contribution in [-0.4, -0.2) is 9.13 Å². The highest BCUT2D eigenvalue weighted by atomic mass is 32.1. The smallest absolute Gasteiger partial charge is 0.0555 e. The van der Waals surface area contributed by atoms with E-state index in [1.807, 2.05) is 11.3 Å². The van der Waals surface area contributed by atoms with Crippen LogP contribution in [0.3, 0.4) is 0 Å². The fraction of sp³-hybridized carbons (Fsp3) is 0. The predicted octanol–water partition coefficient (Wildman–Crippen LogP) is 14.2. The van der Waals surface area contributed by atoms with Crippen molar-refractivity contribution in [1.29, 1.82) is 0 Å². The summed E-state index contributed by atoms with van der Waals surface area (Å²) in [5, 5.41) is 12.7. The quantitative estimate of drug-likeness (QED) is 0.175. The minimum Gasteiger partial charge on any atom is -0.309 e.